The minimum absolute atomic E-state index is 0.204. The van der Waals surface area contributed by atoms with E-state index in [9.17, 15) is 0 Å². The standard InChI is InChI=1S/C14H19N3O/c15-11-12-1-3-14(4-2-12)17-8-5-13(6-9-17)16-7-10-18/h1-4,13,16,18H,5-10H2. The maximum atomic E-state index is 8.78. The van der Waals surface area contributed by atoms with Gasteiger partial charge in [0.1, 0.15) is 0 Å². The van der Waals surface area contributed by atoms with Gasteiger partial charge in [0.25, 0.3) is 0 Å². The van der Waals surface area contributed by atoms with Crippen LogP contribution in [0.15, 0.2) is 24.3 Å². The lowest BCUT2D eigenvalue weighted by Gasteiger charge is -2.34. The van der Waals surface area contributed by atoms with Crippen molar-refractivity contribution in [2.45, 2.75) is 18.9 Å². The quantitative estimate of drug-likeness (QED) is 0.834. The minimum atomic E-state index is 0.204. The Bertz CT molecular complexity index is 402. The van der Waals surface area contributed by atoms with Gasteiger partial charge >= 0.3 is 0 Å². The summed E-state index contributed by atoms with van der Waals surface area (Å²) in [4.78, 5) is 2.35. The van der Waals surface area contributed by atoms with Crippen LogP contribution in [0.4, 0.5) is 5.69 Å². The predicted octanol–water partition coefficient (Wildman–Crippen LogP) is 1.11. The molecule has 4 heteroatoms. The zero-order valence-corrected chi connectivity index (χ0v) is 10.5. The summed E-state index contributed by atoms with van der Waals surface area (Å²) in [6.45, 7) is 2.93. The van der Waals surface area contributed by atoms with E-state index < -0.39 is 0 Å². The van der Waals surface area contributed by atoms with E-state index in [1.54, 1.807) is 0 Å². The molecule has 1 aliphatic heterocycles. The lowest BCUT2D eigenvalue weighted by molar-refractivity contribution is 0.277. The molecule has 0 atom stereocenters. The number of hydrogen-bond acceptors (Lipinski definition) is 4. The van der Waals surface area contributed by atoms with Gasteiger partial charge in [0.05, 0.1) is 18.2 Å². The van der Waals surface area contributed by atoms with Gasteiger partial charge in [-0.15, -0.1) is 0 Å². The van der Waals surface area contributed by atoms with Gasteiger partial charge < -0.3 is 15.3 Å². The fraction of sp³-hybridized carbons (Fsp3) is 0.500. The number of aliphatic hydroxyl groups is 1. The van der Waals surface area contributed by atoms with Crippen molar-refractivity contribution in [2.75, 3.05) is 31.1 Å². The Morgan fingerprint density at radius 3 is 2.50 bits per heavy atom. The molecule has 96 valence electrons. The molecule has 1 saturated heterocycles. The molecule has 1 aromatic rings. The first-order valence-electron chi connectivity index (χ1n) is 6.43. The summed E-state index contributed by atoms with van der Waals surface area (Å²) in [6, 6.07) is 10.4. The Hall–Kier alpha value is -1.57. The van der Waals surface area contributed by atoms with Crippen molar-refractivity contribution in [2.24, 2.45) is 0 Å². The number of nitrogens with one attached hydrogen (secondary N) is 1. The lowest BCUT2D eigenvalue weighted by atomic mass is 10.0. The molecule has 2 rings (SSSR count). The zero-order chi connectivity index (χ0) is 12.8. The summed E-state index contributed by atoms with van der Waals surface area (Å²) < 4.78 is 0. The van der Waals surface area contributed by atoms with Gasteiger partial charge in [-0.05, 0) is 37.1 Å². The normalized spacial score (nSPS) is 16.6. The first kappa shape index (κ1) is 12.9. The van der Waals surface area contributed by atoms with Crippen molar-refractivity contribution in [3.05, 3.63) is 29.8 Å². The highest BCUT2D eigenvalue weighted by molar-refractivity contribution is 5.49. The highest BCUT2D eigenvalue weighted by Gasteiger charge is 2.18. The first-order chi connectivity index (χ1) is 8.83. The van der Waals surface area contributed by atoms with E-state index in [1.807, 2.05) is 24.3 Å². The van der Waals surface area contributed by atoms with Gasteiger partial charge in [0.15, 0.2) is 0 Å². The van der Waals surface area contributed by atoms with Crippen molar-refractivity contribution >= 4 is 5.69 Å². The molecule has 0 saturated carbocycles. The largest absolute Gasteiger partial charge is 0.395 e. The SMILES string of the molecule is N#Cc1ccc(N2CCC(NCCO)CC2)cc1. The molecule has 4 nitrogen and oxygen atoms in total. The number of benzene rings is 1. The average molecular weight is 245 g/mol. The molecule has 18 heavy (non-hydrogen) atoms. The van der Waals surface area contributed by atoms with E-state index in [0.29, 0.717) is 18.2 Å². The topological polar surface area (TPSA) is 59.3 Å². The molecule has 1 heterocycles. The van der Waals surface area contributed by atoms with Crippen LogP contribution in [0.5, 0.6) is 0 Å². The highest BCUT2D eigenvalue weighted by atomic mass is 16.3. The van der Waals surface area contributed by atoms with Crippen molar-refractivity contribution in [1.29, 1.82) is 5.26 Å². The number of rotatable bonds is 4. The van der Waals surface area contributed by atoms with Gasteiger partial charge in [-0.25, -0.2) is 0 Å². The molecule has 1 aromatic carbocycles. The van der Waals surface area contributed by atoms with Crippen LogP contribution in [0.1, 0.15) is 18.4 Å². The van der Waals surface area contributed by atoms with E-state index in [1.165, 1.54) is 5.69 Å². The van der Waals surface area contributed by atoms with Gasteiger partial charge in [-0.2, -0.15) is 5.26 Å². The Labute approximate surface area is 108 Å². The molecule has 0 unspecified atom stereocenters. The molecule has 0 aromatic heterocycles. The van der Waals surface area contributed by atoms with Gasteiger partial charge in [-0.1, -0.05) is 0 Å². The first-order valence-corrected chi connectivity index (χ1v) is 6.43. The fourth-order valence-corrected chi connectivity index (χ4v) is 2.36. The number of aliphatic hydroxyl groups excluding tert-OH is 1. The summed E-state index contributed by atoms with van der Waals surface area (Å²) >= 11 is 0. The van der Waals surface area contributed by atoms with Crippen LogP contribution in [-0.2, 0) is 0 Å². The molecular weight excluding hydrogens is 226 g/mol. The third kappa shape index (κ3) is 3.22. The van der Waals surface area contributed by atoms with E-state index in [-0.39, 0.29) is 6.61 Å². The third-order valence-corrected chi connectivity index (χ3v) is 3.40. The Kier molecular flexibility index (Phi) is 4.57. The summed E-state index contributed by atoms with van der Waals surface area (Å²) in [7, 11) is 0. The van der Waals surface area contributed by atoms with Crippen molar-refractivity contribution in [3.8, 4) is 6.07 Å². The second-order valence-corrected chi connectivity index (χ2v) is 4.60. The maximum Gasteiger partial charge on any atom is 0.0991 e. The fourth-order valence-electron chi connectivity index (χ4n) is 2.36. The molecule has 0 amide bonds. The van der Waals surface area contributed by atoms with E-state index in [4.69, 9.17) is 10.4 Å². The van der Waals surface area contributed by atoms with Crippen LogP contribution >= 0.6 is 0 Å². The molecule has 0 spiro atoms. The third-order valence-electron chi connectivity index (χ3n) is 3.40. The average Bonchev–Trinajstić information content (AvgIpc) is 2.46. The van der Waals surface area contributed by atoms with Gasteiger partial charge in [-0.3, -0.25) is 0 Å². The molecule has 0 radical (unpaired) electrons. The molecule has 2 N–H and O–H groups in total. The van der Waals surface area contributed by atoms with Crippen LogP contribution in [0.2, 0.25) is 0 Å². The van der Waals surface area contributed by atoms with Crippen molar-refractivity contribution in [1.82, 2.24) is 5.32 Å². The molecule has 0 bridgehead atoms. The van der Waals surface area contributed by atoms with Crippen LogP contribution in [0.25, 0.3) is 0 Å². The predicted molar refractivity (Wildman–Crippen MR) is 71.5 cm³/mol. The number of nitrogens with zero attached hydrogens (tertiary/aromatic N) is 2. The molecular formula is C14H19N3O. The Morgan fingerprint density at radius 1 is 1.28 bits per heavy atom. The summed E-state index contributed by atoms with van der Waals surface area (Å²) in [5.74, 6) is 0. The number of hydrogen-bond donors (Lipinski definition) is 2. The molecule has 0 aliphatic carbocycles. The molecule has 1 fully saturated rings. The Balaban J connectivity index is 1.87. The van der Waals surface area contributed by atoms with Crippen molar-refractivity contribution in [3.63, 3.8) is 0 Å². The zero-order valence-electron chi connectivity index (χ0n) is 10.5. The lowest BCUT2D eigenvalue weighted by Crippen LogP contribution is -2.43. The van der Waals surface area contributed by atoms with Crippen LogP contribution in [-0.4, -0.2) is 37.4 Å². The second-order valence-electron chi connectivity index (χ2n) is 4.60. The van der Waals surface area contributed by atoms with Gasteiger partial charge in [0, 0.05) is 31.4 Å². The monoisotopic (exact) mass is 245 g/mol. The maximum absolute atomic E-state index is 8.78. The van der Waals surface area contributed by atoms with E-state index >= 15 is 0 Å². The Morgan fingerprint density at radius 2 is 1.94 bits per heavy atom. The number of anilines is 1. The van der Waals surface area contributed by atoms with E-state index in [0.717, 1.165) is 25.9 Å². The van der Waals surface area contributed by atoms with Crippen LogP contribution in [0, 0.1) is 11.3 Å². The van der Waals surface area contributed by atoms with Crippen LogP contribution < -0.4 is 10.2 Å². The summed E-state index contributed by atoms with van der Waals surface area (Å²) in [5.41, 5.74) is 1.90. The summed E-state index contributed by atoms with van der Waals surface area (Å²) in [5, 5.41) is 20.9. The van der Waals surface area contributed by atoms with E-state index in [2.05, 4.69) is 16.3 Å². The second kappa shape index (κ2) is 6.39. The van der Waals surface area contributed by atoms with Gasteiger partial charge in [0.2, 0.25) is 0 Å². The van der Waals surface area contributed by atoms with Crippen molar-refractivity contribution < 1.29 is 5.11 Å². The highest BCUT2D eigenvalue weighted by Crippen LogP contribution is 2.20. The minimum Gasteiger partial charge on any atom is -0.395 e. The summed E-state index contributed by atoms with van der Waals surface area (Å²) in [6.07, 6.45) is 2.19. The van der Waals surface area contributed by atoms with Crippen LogP contribution in [0.3, 0.4) is 0 Å². The number of piperidine rings is 1. The smallest absolute Gasteiger partial charge is 0.0991 e. The molecule has 1 aliphatic rings. The number of nitriles is 1.